The molecular weight excluding hydrogens is 248 g/mol. The molecule has 1 unspecified atom stereocenters. The molecular formula is C13H27N2O2S+. The van der Waals surface area contributed by atoms with Crippen molar-refractivity contribution in [3.8, 4) is 0 Å². The van der Waals surface area contributed by atoms with Crippen molar-refractivity contribution in [2.24, 2.45) is 5.92 Å². The van der Waals surface area contributed by atoms with Crippen molar-refractivity contribution < 1.29 is 13.3 Å². The molecule has 0 bridgehead atoms. The van der Waals surface area contributed by atoms with Gasteiger partial charge in [0, 0.05) is 31.8 Å². The van der Waals surface area contributed by atoms with Crippen LogP contribution in [0.3, 0.4) is 0 Å². The summed E-state index contributed by atoms with van der Waals surface area (Å²) in [7, 11) is -2.96. The van der Waals surface area contributed by atoms with E-state index in [0.29, 0.717) is 6.04 Å². The average molecular weight is 275 g/mol. The Kier molecular flexibility index (Phi) is 4.67. The second-order valence-electron chi connectivity index (χ2n) is 5.93. The van der Waals surface area contributed by atoms with Gasteiger partial charge >= 0.3 is 0 Å². The molecule has 0 aliphatic carbocycles. The van der Waals surface area contributed by atoms with Crippen molar-refractivity contribution >= 4 is 10.0 Å². The van der Waals surface area contributed by atoms with Crippen LogP contribution in [0.5, 0.6) is 0 Å². The molecule has 2 rings (SSSR count). The largest absolute Gasteiger partial charge is 0.332 e. The van der Waals surface area contributed by atoms with Crippen LogP contribution >= 0.6 is 0 Å². The molecule has 5 heteroatoms. The Morgan fingerprint density at radius 1 is 1.22 bits per heavy atom. The van der Waals surface area contributed by atoms with Crippen LogP contribution in [0.25, 0.3) is 0 Å². The molecule has 2 saturated heterocycles. The Morgan fingerprint density at radius 3 is 2.44 bits per heavy atom. The topological polar surface area (TPSA) is 41.8 Å². The summed E-state index contributed by atoms with van der Waals surface area (Å²) in [5.74, 6) is 1.08. The minimum absolute atomic E-state index is 0.241. The highest BCUT2D eigenvalue weighted by molar-refractivity contribution is 7.89. The van der Waals surface area contributed by atoms with Crippen molar-refractivity contribution in [3.05, 3.63) is 0 Å². The lowest BCUT2D eigenvalue weighted by atomic mass is 9.96. The van der Waals surface area contributed by atoms with Gasteiger partial charge in [-0.3, -0.25) is 0 Å². The summed E-state index contributed by atoms with van der Waals surface area (Å²) in [6.07, 6.45) is 4.79. The van der Waals surface area contributed by atoms with E-state index in [0.717, 1.165) is 31.8 Å². The van der Waals surface area contributed by atoms with Gasteiger partial charge < -0.3 is 4.90 Å². The maximum absolute atomic E-state index is 11.8. The first-order chi connectivity index (χ1) is 8.53. The summed E-state index contributed by atoms with van der Waals surface area (Å²) in [6, 6.07) is 0.691. The van der Waals surface area contributed by atoms with Gasteiger partial charge in [0.1, 0.15) is 0 Å². The third-order valence-electron chi connectivity index (χ3n) is 4.59. The Hall–Kier alpha value is -0.130. The summed E-state index contributed by atoms with van der Waals surface area (Å²) < 4.78 is 25.3. The van der Waals surface area contributed by atoms with Crippen LogP contribution in [-0.2, 0) is 10.0 Å². The molecule has 0 saturated carbocycles. The molecule has 2 heterocycles. The standard InChI is InChI=1S/C13H26N2O2S/c1-3-18(16,17)15-9-6-13(7-10-15)14-8-4-5-12(2)11-14/h12-13H,3-11H2,1-2H3/p+1/t12-/m1/s1. The van der Waals surface area contributed by atoms with Crippen LogP contribution in [0.4, 0.5) is 0 Å². The predicted octanol–water partition coefficient (Wildman–Crippen LogP) is 0.115. The number of sulfonamides is 1. The lowest BCUT2D eigenvalue weighted by Crippen LogP contribution is -3.17. The van der Waals surface area contributed by atoms with Gasteiger partial charge in [0.2, 0.25) is 10.0 Å². The third-order valence-corrected chi connectivity index (χ3v) is 6.48. The highest BCUT2D eigenvalue weighted by Gasteiger charge is 2.33. The molecule has 0 aromatic heterocycles. The number of hydrogen-bond acceptors (Lipinski definition) is 2. The number of quaternary nitrogens is 1. The van der Waals surface area contributed by atoms with Gasteiger partial charge in [0.15, 0.2) is 0 Å². The van der Waals surface area contributed by atoms with E-state index in [1.807, 2.05) is 0 Å². The quantitative estimate of drug-likeness (QED) is 0.795. The number of nitrogens with zero attached hydrogens (tertiary/aromatic N) is 1. The zero-order valence-electron chi connectivity index (χ0n) is 11.7. The van der Waals surface area contributed by atoms with Gasteiger partial charge in [-0.2, -0.15) is 0 Å². The lowest BCUT2D eigenvalue weighted by Gasteiger charge is -2.38. The number of piperidine rings is 2. The van der Waals surface area contributed by atoms with Crippen molar-refractivity contribution in [2.45, 2.75) is 45.6 Å². The first-order valence-electron chi connectivity index (χ1n) is 7.35. The second kappa shape index (κ2) is 5.88. The molecule has 2 aliphatic rings. The fourth-order valence-electron chi connectivity index (χ4n) is 3.42. The predicted molar refractivity (Wildman–Crippen MR) is 73.2 cm³/mol. The van der Waals surface area contributed by atoms with Crippen LogP contribution in [0.15, 0.2) is 0 Å². The first-order valence-corrected chi connectivity index (χ1v) is 8.96. The second-order valence-corrected chi connectivity index (χ2v) is 8.19. The monoisotopic (exact) mass is 275 g/mol. The fourth-order valence-corrected chi connectivity index (χ4v) is 4.56. The highest BCUT2D eigenvalue weighted by atomic mass is 32.2. The summed E-state index contributed by atoms with van der Waals surface area (Å²) in [6.45, 7) is 8.12. The van der Waals surface area contributed by atoms with Crippen LogP contribution in [0.2, 0.25) is 0 Å². The number of hydrogen-bond donors (Lipinski definition) is 1. The lowest BCUT2D eigenvalue weighted by molar-refractivity contribution is -0.934. The third kappa shape index (κ3) is 3.25. The number of nitrogens with one attached hydrogen (secondary N) is 1. The van der Waals surface area contributed by atoms with E-state index in [1.165, 1.54) is 25.9 Å². The van der Waals surface area contributed by atoms with Crippen LogP contribution < -0.4 is 4.90 Å². The molecule has 18 heavy (non-hydrogen) atoms. The molecule has 0 amide bonds. The van der Waals surface area contributed by atoms with E-state index in [2.05, 4.69) is 6.92 Å². The Balaban J connectivity index is 1.86. The van der Waals surface area contributed by atoms with Gasteiger partial charge in [0.25, 0.3) is 0 Å². The van der Waals surface area contributed by atoms with E-state index in [-0.39, 0.29) is 5.75 Å². The zero-order chi connectivity index (χ0) is 13.2. The first kappa shape index (κ1) is 14.3. The average Bonchev–Trinajstić information content (AvgIpc) is 2.39. The highest BCUT2D eigenvalue weighted by Crippen LogP contribution is 2.14. The maximum atomic E-state index is 11.8. The normalized spacial score (nSPS) is 32.6. The van der Waals surface area contributed by atoms with Gasteiger partial charge in [-0.1, -0.05) is 6.92 Å². The summed E-state index contributed by atoms with van der Waals surface area (Å²) >= 11 is 0. The van der Waals surface area contributed by atoms with E-state index in [4.69, 9.17) is 0 Å². The van der Waals surface area contributed by atoms with Gasteiger partial charge in [-0.05, 0) is 19.8 Å². The van der Waals surface area contributed by atoms with Crippen LogP contribution in [-0.4, -0.2) is 50.7 Å². The van der Waals surface area contributed by atoms with Crippen molar-refractivity contribution in [1.82, 2.24) is 4.31 Å². The molecule has 1 N–H and O–H groups in total. The van der Waals surface area contributed by atoms with Crippen molar-refractivity contribution in [1.29, 1.82) is 0 Å². The molecule has 0 spiro atoms. The molecule has 0 radical (unpaired) electrons. The van der Waals surface area contributed by atoms with Crippen LogP contribution in [0, 0.1) is 5.92 Å². The molecule has 2 atom stereocenters. The van der Waals surface area contributed by atoms with Crippen molar-refractivity contribution in [3.63, 3.8) is 0 Å². The number of likely N-dealkylation sites (tertiary alicyclic amines) is 1. The van der Waals surface area contributed by atoms with Gasteiger partial charge in [0.05, 0.1) is 24.9 Å². The van der Waals surface area contributed by atoms with Crippen molar-refractivity contribution in [2.75, 3.05) is 31.9 Å². The van der Waals surface area contributed by atoms with Gasteiger partial charge in [-0.25, -0.2) is 12.7 Å². The molecule has 2 fully saturated rings. The summed E-state index contributed by atoms with van der Waals surface area (Å²) in [5.41, 5.74) is 0. The van der Waals surface area contributed by atoms with E-state index >= 15 is 0 Å². The molecule has 0 aromatic rings. The Morgan fingerprint density at radius 2 is 1.89 bits per heavy atom. The minimum atomic E-state index is -2.96. The summed E-state index contributed by atoms with van der Waals surface area (Å²) in [5, 5.41) is 0. The zero-order valence-corrected chi connectivity index (χ0v) is 12.5. The molecule has 2 aliphatic heterocycles. The Labute approximate surface area is 111 Å². The smallest absolute Gasteiger partial charge is 0.213 e. The van der Waals surface area contributed by atoms with E-state index in [1.54, 1.807) is 16.1 Å². The molecule has 4 nitrogen and oxygen atoms in total. The summed E-state index contributed by atoms with van der Waals surface area (Å²) in [4.78, 5) is 1.72. The van der Waals surface area contributed by atoms with E-state index in [9.17, 15) is 8.42 Å². The minimum Gasteiger partial charge on any atom is -0.332 e. The van der Waals surface area contributed by atoms with Crippen LogP contribution in [0.1, 0.15) is 39.5 Å². The molecule has 106 valence electrons. The molecule has 0 aromatic carbocycles. The van der Waals surface area contributed by atoms with E-state index < -0.39 is 10.0 Å². The Bertz CT molecular complexity index is 361. The van der Waals surface area contributed by atoms with Gasteiger partial charge in [-0.15, -0.1) is 0 Å². The number of rotatable bonds is 3. The maximum Gasteiger partial charge on any atom is 0.213 e. The fraction of sp³-hybridized carbons (Fsp3) is 1.00. The SMILES string of the molecule is CCS(=O)(=O)N1CCC([NH+]2CCC[C@@H](C)C2)CC1.